The summed E-state index contributed by atoms with van der Waals surface area (Å²) in [5, 5.41) is 0. The number of nitrogens with one attached hydrogen (secondary N) is 1. The molecule has 0 radical (unpaired) electrons. The fraction of sp³-hybridized carbons (Fsp3) is 0.500. The van der Waals surface area contributed by atoms with Crippen molar-refractivity contribution in [2.24, 2.45) is 0 Å². The van der Waals surface area contributed by atoms with Crippen molar-refractivity contribution in [3.05, 3.63) is 29.8 Å². The van der Waals surface area contributed by atoms with Crippen LogP contribution in [0.25, 0.3) is 0 Å². The Labute approximate surface area is 124 Å². The highest BCUT2D eigenvalue weighted by atomic mass is 32.2. The summed E-state index contributed by atoms with van der Waals surface area (Å²) in [6.07, 6.45) is 0.619. The van der Waals surface area contributed by atoms with Crippen molar-refractivity contribution >= 4 is 16.0 Å². The van der Waals surface area contributed by atoms with Crippen LogP contribution in [0.3, 0.4) is 0 Å². The number of carbonyl (C=O) groups excluding carboxylic acids is 1. The van der Waals surface area contributed by atoms with E-state index in [9.17, 15) is 13.2 Å². The van der Waals surface area contributed by atoms with Crippen LogP contribution in [0.2, 0.25) is 0 Å². The monoisotopic (exact) mass is 313 g/mol. The second-order valence-electron chi connectivity index (χ2n) is 4.89. The van der Waals surface area contributed by atoms with Gasteiger partial charge in [0.05, 0.1) is 13.7 Å². The summed E-state index contributed by atoms with van der Waals surface area (Å²) >= 11 is 0. The average Bonchev–Trinajstić information content (AvgIpc) is 3.28. The molecule has 0 atom stereocenters. The molecule has 6 nitrogen and oxygen atoms in total. The van der Waals surface area contributed by atoms with Gasteiger partial charge in [0.15, 0.2) is 4.75 Å². The molecule has 1 saturated carbocycles. The predicted molar refractivity (Wildman–Crippen MR) is 77.4 cm³/mol. The Balaban J connectivity index is 2.02. The molecule has 0 unspecified atom stereocenters. The van der Waals surface area contributed by atoms with Gasteiger partial charge in [-0.2, -0.15) is 0 Å². The molecule has 1 N–H and O–H groups in total. The predicted octanol–water partition coefficient (Wildman–Crippen LogP) is 1.21. The first-order valence-corrected chi connectivity index (χ1v) is 8.23. The molecule has 0 aliphatic heterocycles. The number of ether oxygens (including phenoxy) is 2. The molecule has 1 aromatic carbocycles. The van der Waals surface area contributed by atoms with Gasteiger partial charge in [-0.15, -0.1) is 0 Å². The summed E-state index contributed by atoms with van der Waals surface area (Å²) in [6.45, 7) is 1.97. The highest BCUT2D eigenvalue weighted by Gasteiger charge is 2.62. The molecule has 0 bridgehead atoms. The Morgan fingerprint density at radius 3 is 2.38 bits per heavy atom. The minimum Gasteiger partial charge on any atom is -0.497 e. The van der Waals surface area contributed by atoms with E-state index in [0.29, 0.717) is 18.6 Å². The lowest BCUT2D eigenvalue weighted by Crippen LogP contribution is -2.42. The van der Waals surface area contributed by atoms with Crippen LogP contribution < -0.4 is 9.46 Å². The van der Waals surface area contributed by atoms with E-state index in [0.717, 1.165) is 5.56 Å². The number of rotatable bonds is 7. The quantitative estimate of drug-likeness (QED) is 0.765. The van der Waals surface area contributed by atoms with Gasteiger partial charge in [-0.1, -0.05) is 12.1 Å². The van der Waals surface area contributed by atoms with E-state index in [1.54, 1.807) is 38.3 Å². The first kappa shape index (κ1) is 15.8. The lowest BCUT2D eigenvalue weighted by molar-refractivity contribution is -0.143. The second kappa shape index (κ2) is 6.03. The molecule has 0 saturated heterocycles. The van der Waals surface area contributed by atoms with E-state index in [1.165, 1.54) is 0 Å². The van der Waals surface area contributed by atoms with E-state index in [1.807, 2.05) is 0 Å². The molecule has 116 valence electrons. The van der Waals surface area contributed by atoms with Gasteiger partial charge >= 0.3 is 5.97 Å². The molecule has 2 rings (SSSR count). The largest absolute Gasteiger partial charge is 0.497 e. The van der Waals surface area contributed by atoms with E-state index < -0.39 is 20.7 Å². The molecular formula is C14H19NO5S. The summed E-state index contributed by atoms with van der Waals surface area (Å²) in [5.41, 5.74) is 0.791. The highest BCUT2D eigenvalue weighted by Crippen LogP contribution is 2.44. The SMILES string of the molecule is CCOC(=O)C1(S(=O)(=O)NCc2ccc(OC)cc2)CC1. The fourth-order valence-electron chi connectivity index (χ4n) is 2.02. The number of sulfonamides is 1. The third kappa shape index (κ3) is 3.19. The van der Waals surface area contributed by atoms with E-state index in [-0.39, 0.29) is 13.2 Å². The van der Waals surface area contributed by atoms with E-state index in [4.69, 9.17) is 9.47 Å². The van der Waals surface area contributed by atoms with Crippen molar-refractivity contribution in [3.8, 4) is 5.75 Å². The summed E-state index contributed by atoms with van der Waals surface area (Å²) in [7, 11) is -2.18. The molecular weight excluding hydrogens is 294 g/mol. The van der Waals surface area contributed by atoms with E-state index >= 15 is 0 Å². The van der Waals surface area contributed by atoms with Crippen molar-refractivity contribution in [2.45, 2.75) is 31.1 Å². The fourth-order valence-corrected chi connectivity index (χ4v) is 3.57. The lowest BCUT2D eigenvalue weighted by atomic mass is 10.2. The number of esters is 1. The van der Waals surface area contributed by atoms with Crippen molar-refractivity contribution in [1.82, 2.24) is 4.72 Å². The number of benzene rings is 1. The van der Waals surface area contributed by atoms with Crippen LogP contribution in [0.4, 0.5) is 0 Å². The number of methoxy groups -OCH3 is 1. The zero-order valence-electron chi connectivity index (χ0n) is 12.1. The van der Waals surface area contributed by atoms with Crippen LogP contribution in [-0.2, 0) is 26.1 Å². The number of carbonyl (C=O) groups is 1. The van der Waals surface area contributed by atoms with Crippen molar-refractivity contribution < 1.29 is 22.7 Å². The summed E-state index contributed by atoms with van der Waals surface area (Å²) in [4.78, 5) is 11.8. The Morgan fingerprint density at radius 2 is 1.90 bits per heavy atom. The minimum atomic E-state index is -3.74. The van der Waals surface area contributed by atoms with Crippen LogP contribution in [0.5, 0.6) is 5.75 Å². The van der Waals surface area contributed by atoms with Gasteiger partial charge in [0, 0.05) is 6.54 Å². The average molecular weight is 313 g/mol. The zero-order valence-corrected chi connectivity index (χ0v) is 12.9. The van der Waals surface area contributed by atoms with Gasteiger partial charge < -0.3 is 9.47 Å². The van der Waals surface area contributed by atoms with Crippen LogP contribution in [-0.4, -0.2) is 32.9 Å². The third-order valence-corrected chi connectivity index (χ3v) is 5.62. The Bertz CT molecular complexity index is 605. The second-order valence-corrected chi connectivity index (χ2v) is 6.96. The third-order valence-electron chi connectivity index (χ3n) is 3.49. The standard InChI is InChI=1S/C14H19NO5S/c1-3-20-13(16)14(8-9-14)21(17,18)15-10-11-4-6-12(19-2)7-5-11/h4-7,15H,3,8-10H2,1-2H3. The smallest absolute Gasteiger partial charge is 0.328 e. The molecule has 21 heavy (non-hydrogen) atoms. The molecule has 1 aliphatic carbocycles. The number of hydrogen-bond donors (Lipinski definition) is 1. The number of hydrogen-bond acceptors (Lipinski definition) is 5. The van der Waals surface area contributed by atoms with Gasteiger partial charge in [-0.05, 0) is 37.5 Å². The van der Waals surface area contributed by atoms with Gasteiger partial charge in [-0.25, -0.2) is 13.1 Å². The van der Waals surface area contributed by atoms with Crippen LogP contribution in [0.15, 0.2) is 24.3 Å². The maximum Gasteiger partial charge on any atom is 0.328 e. The normalized spacial score (nSPS) is 16.3. The maximum atomic E-state index is 12.3. The Hall–Kier alpha value is -1.60. The van der Waals surface area contributed by atoms with Crippen molar-refractivity contribution in [1.29, 1.82) is 0 Å². The van der Waals surface area contributed by atoms with E-state index in [2.05, 4.69) is 4.72 Å². The Kier molecular flexibility index (Phi) is 4.53. The molecule has 1 aromatic rings. The molecule has 0 spiro atoms. The molecule has 0 amide bonds. The topological polar surface area (TPSA) is 81.7 Å². The molecule has 0 aromatic heterocycles. The first-order chi connectivity index (χ1) is 9.95. The van der Waals surface area contributed by atoms with Crippen molar-refractivity contribution in [2.75, 3.05) is 13.7 Å². The maximum absolute atomic E-state index is 12.3. The van der Waals surface area contributed by atoms with Gasteiger partial charge in [-0.3, -0.25) is 4.79 Å². The van der Waals surface area contributed by atoms with Crippen LogP contribution >= 0.6 is 0 Å². The Morgan fingerprint density at radius 1 is 1.29 bits per heavy atom. The first-order valence-electron chi connectivity index (χ1n) is 6.74. The zero-order chi connectivity index (χ0) is 15.5. The van der Waals surface area contributed by atoms with Crippen LogP contribution in [0.1, 0.15) is 25.3 Å². The minimum absolute atomic E-state index is 0.132. The van der Waals surface area contributed by atoms with Gasteiger partial charge in [0.2, 0.25) is 10.0 Å². The highest BCUT2D eigenvalue weighted by molar-refractivity contribution is 7.92. The summed E-state index contributed by atoms with van der Waals surface area (Å²) in [5.74, 6) is 0.0408. The summed E-state index contributed by atoms with van der Waals surface area (Å²) < 4.78 is 35.6. The van der Waals surface area contributed by atoms with Gasteiger partial charge in [0.25, 0.3) is 0 Å². The van der Waals surface area contributed by atoms with Gasteiger partial charge in [0.1, 0.15) is 5.75 Å². The molecule has 0 heterocycles. The summed E-state index contributed by atoms with van der Waals surface area (Å²) in [6, 6.07) is 7.04. The van der Waals surface area contributed by atoms with Crippen molar-refractivity contribution in [3.63, 3.8) is 0 Å². The molecule has 1 fully saturated rings. The molecule has 1 aliphatic rings. The van der Waals surface area contributed by atoms with Crippen LogP contribution in [0, 0.1) is 0 Å². The lowest BCUT2D eigenvalue weighted by Gasteiger charge is -2.15. The molecule has 7 heteroatoms.